The van der Waals surface area contributed by atoms with Crippen molar-refractivity contribution >= 4 is 39.9 Å². The van der Waals surface area contributed by atoms with Crippen molar-refractivity contribution in [3.63, 3.8) is 0 Å². The molecule has 0 unspecified atom stereocenters. The van der Waals surface area contributed by atoms with Crippen LogP contribution in [0.5, 0.6) is 11.5 Å². The molecule has 36 heavy (non-hydrogen) atoms. The Morgan fingerprint density at radius 3 is 2.53 bits per heavy atom. The summed E-state index contributed by atoms with van der Waals surface area (Å²) < 4.78 is 10.4. The number of nitrogens with zero attached hydrogens (tertiary/aromatic N) is 2. The van der Waals surface area contributed by atoms with Gasteiger partial charge in [-0.15, -0.1) is 0 Å². The molecule has 1 saturated heterocycles. The number of aliphatic hydroxyl groups is 1. The first-order valence-corrected chi connectivity index (χ1v) is 12.0. The molecular weight excluding hydrogens is 484 g/mol. The number of anilines is 1. The summed E-state index contributed by atoms with van der Waals surface area (Å²) >= 11 is 0.901. The van der Waals surface area contributed by atoms with Gasteiger partial charge in [0.1, 0.15) is 22.1 Å². The number of benzene rings is 2. The van der Waals surface area contributed by atoms with Crippen LogP contribution in [0.1, 0.15) is 45.9 Å². The highest BCUT2D eigenvalue weighted by Gasteiger charge is 2.48. The molecule has 0 bridgehead atoms. The van der Waals surface area contributed by atoms with E-state index in [9.17, 15) is 24.6 Å². The van der Waals surface area contributed by atoms with Gasteiger partial charge in [-0.25, -0.2) is 9.78 Å². The highest BCUT2D eigenvalue weighted by molar-refractivity contribution is 7.17. The quantitative estimate of drug-likeness (QED) is 0.209. The third kappa shape index (κ3) is 4.55. The highest BCUT2D eigenvalue weighted by atomic mass is 32.1. The molecule has 10 heteroatoms. The number of ketones is 1. The van der Waals surface area contributed by atoms with Crippen LogP contribution in [0.3, 0.4) is 0 Å². The molecule has 1 atom stereocenters. The average molecular weight is 509 g/mol. The van der Waals surface area contributed by atoms with Crippen molar-refractivity contribution in [1.82, 2.24) is 4.98 Å². The summed E-state index contributed by atoms with van der Waals surface area (Å²) in [6.07, 6.45) is 0.836. The summed E-state index contributed by atoms with van der Waals surface area (Å²) in [4.78, 5) is 44.3. The van der Waals surface area contributed by atoms with Gasteiger partial charge in [-0.05, 0) is 55.3 Å². The second-order valence-electron chi connectivity index (χ2n) is 8.04. The number of carbonyl (C=O) groups excluding carboxylic acids is 3. The first kappa shape index (κ1) is 24.9. The highest BCUT2D eigenvalue weighted by Crippen LogP contribution is 2.44. The van der Waals surface area contributed by atoms with Crippen LogP contribution in [0.25, 0.3) is 5.76 Å². The minimum absolute atomic E-state index is 0.0823. The van der Waals surface area contributed by atoms with Crippen molar-refractivity contribution in [3.8, 4) is 11.5 Å². The molecule has 3 aromatic rings. The van der Waals surface area contributed by atoms with E-state index in [4.69, 9.17) is 9.47 Å². The molecule has 186 valence electrons. The van der Waals surface area contributed by atoms with E-state index in [2.05, 4.69) is 4.98 Å². The predicted molar refractivity (Wildman–Crippen MR) is 133 cm³/mol. The molecule has 4 rings (SSSR count). The van der Waals surface area contributed by atoms with Crippen LogP contribution in [0.4, 0.5) is 5.13 Å². The van der Waals surface area contributed by atoms with Gasteiger partial charge in [0.2, 0.25) is 0 Å². The Morgan fingerprint density at radius 2 is 1.89 bits per heavy atom. The van der Waals surface area contributed by atoms with Gasteiger partial charge in [0.05, 0.1) is 31.0 Å². The van der Waals surface area contributed by atoms with Gasteiger partial charge >= 0.3 is 11.9 Å². The lowest BCUT2D eigenvalue weighted by Crippen LogP contribution is -2.29. The molecule has 0 aliphatic carbocycles. The molecule has 0 radical (unpaired) electrons. The van der Waals surface area contributed by atoms with Gasteiger partial charge in [-0.2, -0.15) is 0 Å². The summed E-state index contributed by atoms with van der Waals surface area (Å²) in [6, 6.07) is 11.5. The Hall–Kier alpha value is -4.18. The number of rotatable bonds is 7. The molecule has 1 fully saturated rings. The smallest absolute Gasteiger partial charge is 0.350 e. The monoisotopic (exact) mass is 508 g/mol. The number of amides is 1. The molecular formula is C26H24N2O7S. The number of thiazole rings is 1. The van der Waals surface area contributed by atoms with Crippen molar-refractivity contribution in [2.45, 2.75) is 26.3 Å². The van der Waals surface area contributed by atoms with Crippen molar-refractivity contribution in [3.05, 3.63) is 75.8 Å². The number of methoxy groups -OCH3 is 1. The number of aryl methyl sites for hydroxylation is 1. The fourth-order valence-corrected chi connectivity index (χ4v) is 4.90. The number of aromatic nitrogens is 1. The molecule has 2 N–H and O–H groups in total. The van der Waals surface area contributed by atoms with E-state index in [0.717, 1.165) is 22.7 Å². The Kier molecular flexibility index (Phi) is 7.07. The predicted octanol–water partition coefficient (Wildman–Crippen LogP) is 4.36. The SMILES string of the molecule is CCCOc1ccc(C(O)=C2C(=O)C(=O)N(c3nc(C)c(C(=O)OC)s3)[C@@H]2c2cccc(O)c2)cc1. The van der Waals surface area contributed by atoms with Gasteiger partial charge in [-0.3, -0.25) is 14.5 Å². The summed E-state index contributed by atoms with van der Waals surface area (Å²) in [5.41, 5.74) is 0.861. The van der Waals surface area contributed by atoms with Crippen LogP contribution < -0.4 is 9.64 Å². The van der Waals surface area contributed by atoms with E-state index >= 15 is 0 Å². The molecule has 9 nitrogen and oxygen atoms in total. The maximum Gasteiger partial charge on any atom is 0.350 e. The van der Waals surface area contributed by atoms with E-state index in [1.807, 2.05) is 6.92 Å². The molecule has 0 saturated carbocycles. The number of phenolic OH excluding ortho intramolecular Hbond substituents is 1. The standard InChI is InChI=1S/C26H24N2O7S/c1-4-12-35-18-10-8-15(9-11-18)21(30)19-20(16-6-5-7-17(29)13-16)28(24(32)22(19)31)26-27-14(2)23(36-26)25(33)34-3/h5-11,13,20,29-30H,4,12H2,1-3H3/t20-/m1/s1. The van der Waals surface area contributed by atoms with Crippen molar-refractivity contribution in [1.29, 1.82) is 0 Å². The maximum atomic E-state index is 13.3. The topological polar surface area (TPSA) is 126 Å². The minimum Gasteiger partial charge on any atom is -0.508 e. The van der Waals surface area contributed by atoms with Crippen LogP contribution in [-0.4, -0.2) is 46.6 Å². The molecule has 1 amide bonds. The van der Waals surface area contributed by atoms with Gasteiger partial charge in [0.25, 0.3) is 5.78 Å². The van der Waals surface area contributed by atoms with Crippen LogP contribution in [0, 0.1) is 6.92 Å². The van der Waals surface area contributed by atoms with E-state index in [0.29, 0.717) is 29.2 Å². The average Bonchev–Trinajstić information content (AvgIpc) is 3.38. The van der Waals surface area contributed by atoms with Crippen LogP contribution in [-0.2, 0) is 14.3 Å². The molecule has 0 spiro atoms. The number of hydrogen-bond acceptors (Lipinski definition) is 9. The molecule has 2 heterocycles. The maximum absolute atomic E-state index is 13.3. The third-order valence-corrected chi connectivity index (χ3v) is 6.73. The van der Waals surface area contributed by atoms with Crippen LogP contribution in [0.15, 0.2) is 54.1 Å². The van der Waals surface area contributed by atoms with Crippen LogP contribution >= 0.6 is 11.3 Å². The van der Waals surface area contributed by atoms with Gasteiger partial charge in [0, 0.05) is 5.56 Å². The molecule has 1 aliphatic heterocycles. The lowest BCUT2D eigenvalue weighted by atomic mass is 9.95. The van der Waals surface area contributed by atoms with Crippen molar-refractivity contribution in [2.24, 2.45) is 0 Å². The number of aliphatic hydroxyl groups excluding tert-OH is 1. The largest absolute Gasteiger partial charge is 0.508 e. The van der Waals surface area contributed by atoms with E-state index < -0.39 is 23.7 Å². The number of phenols is 1. The summed E-state index contributed by atoms with van der Waals surface area (Å²) in [6.45, 7) is 4.11. The summed E-state index contributed by atoms with van der Waals surface area (Å²) in [5.74, 6) is -2.31. The van der Waals surface area contributed by atoms with Crippen molar-refractivity contribution < 1.29 is 34.1 Å². The first-order chi connectivity index (χ1) is 17.3. The second-order valence-corrected chi connectivity index (χ2v) is 9.02. The molecule has 1 aromatic heterocycles. The van der Waals surface area contributed by atoms with E-state index in [1.165, 1.54) is 19.2 Å². The Balaban J connectivity index is 1.86. The first-order valence-electron chi connectivity index (χ1n) is 11.2. The van der Waals surface area contributed by atoms with E-state index in [1.54, 1.807) is 43.3 Å². The fraction of sp³-hybridized carbons (Fsp3) is 0.231. The number of esters is 1. The minimum atomic E-state index is -1.09. The summed E-state index contributed by atoms with van der Waals surface area (Å²) in [7, 11) is 1.23. The zero-order chi connectivity index (χ0) is 26.0. The van der Waals surface area contributed by atoms with Gasteiger partial charge in [-0.1, -0.05) is 30.4 Å². The number of hydrogen-bond donors (Lipinski definition) is 2. The summed E-state index contributed by atoms with van der Waals surface area (Å²) in [5, 5.41) is 21.4. The van der Waals surface area contributed by atoms with Crippen molar-refractivity contribution in [2.75, 3.05) is 18.6 Å². The van der Waals surface area contributed by atoms with E-state index in [-0.39, 0.29) is 27.1 Å². The number of carbonyl (C=O) groups is 3. The number of aromatic hydroxyl groups is 1. The lowest BCUT2D eigenvalue weighted by Gasteiger charge is -2.23. The fourth-order valence-electron chi connectivity index (χ4n) is 3.89. The number of Topliss-reactive ketones (excluding diaryl/α,β-unsaturated/α-hetero) is 1. The molecule has 1 aliphatic rings. The zero-order valence-electron chi connectivity index (χ0n) is 19.8. The Labute approximate surface area is 211 Å². The normalized spacial score (nSPS) is 16.9. The zero-order valence-corrected chi connectivity index (χ0v) is 20.7. The van der Waals surface area contributed by atoms with Crippen LogP contribution in [0.2, 0.25) is 0 Å². The third-order valence-electron chi connectivity index (χ3n) is 5.59. The van der Waals surface area contributed by atoms with Gasteiger partial charge < -0.3 is 19.7 Å². The Morgan fingerprint density at radius 1 is 1.17 bits per heavy atom. The second kappa shape index (κ2) is 10.2. The Bertz CT molecular complexity index is 1360. The van der Waals surface area contributed by atoms with Gasteiger partial charge in [0.15, 0.2) is 5.13 Å². The molecule has 2 aromatic carbocycles. The number of ether oxygens (including phenoxy) is 2. The lowest BCUT2D eigenvalue weighted by molar-refractivity contribution is -0.132.